The number of hydrazine groups is 1. The number of nitrogens with zero attached hydrogens (tertiary/aromatic N) is 3. The van der Waals surface area contributed by atoms with E-state index in [1.165, 1.54) is 6.42 Å². The molecule has 0 radical (unpaired) electrons. The van der Waals surface area contributed by atoms with Crippen LogP contribution in [0.25, 0.3) is 16.9 Å². The summed E-state index contributed by atoms with van der Waals surface area (Å²) in [7, 11) is 0. The number of benzene rings is 2. The molecule has 35 heavy (non-hydrogen) atoms. The number of amides is 1. The fraction of sp³-hybridized carbons (Fsp3) is 0.357. The zero-order valence-corrected chi connectivity index (χ0v) is 22.1. The number of aromatic nitrogens is 2. The van der Waals surface area contributed by atoms with Crippen LogP contribution in [0.3, 0.4) is 0 Å². The fourth-order valence-electron chi connectivity index (χ4n) is 4.05. The molecule has 0 saturated carbocycles. The zero-order chi connectivity index (χ0) is 25.2. The van der Waals surface area contributed by atoms with Crippen LogP contribution in [0, 0.1) is 24.2 Å². The van der Waals surface area contributed by atoms with Crippen molar-refractivity contribution in [2.75, 3.05) is 13.1 Å². The summed E-state index contributed by atoms with van der Waals surface area (Å²) in [4.78, 5) is 13.2. The third-order valence-corrected chi connectivity index (χ3v) is 6.37. The molecule has 0 spiro atoms. The van der Waals surface area contributed by atoms with Gasteiger partial charge >= 0.3 is 0 Å². The van der Waals surface area contributed by atoms with E-state index >= 15 is 0 Å². The van der Waals surface area contributed by atoms with Crippen molar-refractivity contribution in [3.8, 4) is 28.8 Å². The number of hydrogen-bond acceptors (Lipinski definition) is 3. The highest BCUT2D eigenvalue weighted by molar-refractivity contribution is 6.35. The van der Waals surface area contributed by atoms with Gasteiger partial charge in [0.15, 0.2) is 5.69 Å². The van der Waals surface area contributed by atoms with Crippen LogP contribution in [-0.2, 0) is 0 Å². The van der Waals surface area contributed by atoms with Crippen LogP contribution in [0.1, 0.15) is 61.6 Å². The maximum absolute atomic E-state index is 13.2. The van der Waals surface area contributed by atoms with Gasteiger partial charge in [-0.25, -0.2) is 9.69 Å². The van der Waals surface area contributed by atoms with E-state index in [0.29, 0.717) is 21.4 Å². The molecule has 1 fully saturated rings. The van der Waals surface area contributed by atoms with Crippen LogP contribution in [0.15, 0.2) is 42.5 Å². The van der Waals surface area contributed by atoms with E-state index in [-0.39, 0.29) is 11.3 Å². The highest BCUT2D eigenvalue weighted by atomic mass is 35.5. The smallest absolute Gasteiger partial charge is 0.283 e. The van der Waals surface area contributed by atoms with Gasteiger partial charge in [-0.2, -0.15) is 5.10 Å². The van der Waals surface area contributed by atoms with E-state index in [1.54, 1.807) is 16.8 Å². The molecular weight excluding hydrogens is 479 g/mol. The second-order valence-corrected chi connectivity index (χ2v) is 10.7. The van der Waals surface area contributed by atoms with Gasteiger partial charge in [-0.15, -0.1) is 0 Å². The Balaban J connectivity index is 1.77. The predicted molar refractivity (Wildman–Crippen MR) is 143 cm³/mol. The largest absolute Gasteiger partial charge is 0.286 e. The van der Waals surface area contributed by atoms with Crippen molar-refractivity contribution in [3.63, 3.8) is 0 Å². The molecule has 0 bridgehead atoms. The van der Waals surface area contributed by atoms with Crippen LogP contribution in [0.2, 0.25) is 10.0 Å². The number of rotatable bonds is 4. The molecule has 0 aliphatic carbocycles. The van der Waals surface area contributed by atoms with Crippen molar-refractivity contribution in [2.24, 2.45) is 5.41 Å². The van der Waals surface area contributed by atoms with E-state index < -0.39 is 0 Å². The third kappa shape index (κ3) is 6.08. The van der Waals surface area contributed by atoms with Crippen molar-refractivity contribution < 1.29 is 4.79 Å². The Kier molecular flexibility index (Phi) is 7.56. The molecule has 2 heterocycles. The maximum atomic E-state index is 13.2. The fourth-order valence-corrected chi connectivity index (χ4v) is 4.54. The van der Waals surface area contributed by atoms with Crippen molar-refractivity contribution in [2.45, 2.75) is 47.0 Å². The van der Waals surface area contributed by atoms with Crippen LogP contribution in [0.4, 0.5) is 0 Å². The lowest BCUT2D eigenvalue weighted by Gasteiger charge is -2.26. The van der Waals surface area contributed by atoms with Gasteiger partial charge in [-0.1, -0.05) is 53.6 Å². The number of nitrogens with one attached hydrogen (secondary N) is 1. The summed E-state index contributed by atoms with van der Waals surface area (Å²) in [5.74, 6) is 6.27. The lowest BCUT2D eigenvalue weighted by molar-refractivity contribution is 0.0743. The van der Waals surface area contributed by atoms with Gasteiger partial charge in [0.2, 0.25) is 0 Å². The van der Waals surface area contributed by atoms with Gasteiger partial charge in [-0.3, -0.25) is 10.2 Å². The Morgan fingerprint density at radius 3 is 2.34 bits per heavy atom. The van der Waals surface area contributed by atoms with Crippen molar-refractivity contribution in [3.05, 3.63) is 69.3 Å². The van der Waals surface area contributed by atoms with Gasteiger partial charge in [-0.05, 0) is 70.9 Å². The lowest BCUT2D eigenvalue weighted by Crippen LogP contribution is -2.45. The molecule has 0 unspecified atom stereocenters. The average molecular weight is 509 g/mol. The molecule has 1 aliphatic heterocycles. The first kappa shape index (κ1) is 25.3. The molecule has 1 amide bonds. The second kappa shape index (κ2) is 10.5. The van der Waals surface area contributed by atoms with E-state index in [0.717, 1.165) is 48.3 Å². The standard InChI is InChI=1S/C28H30Cl2N4O/c1-19-25(27(35)32-33-16-6-5-7-17-33)31-34(24-13-12-22(29)18-23(24)30)26(19)21-10-8-20(9-11-21)14-15-28(2,3)4/h8-13,18H,5-7,16-17H2,1-4H3,(H,32,35). The minimum atomic E-state index is -0.220. The maximum Gasteiger partial charge on any atom is 0.286 e. The molecule has 4 rings (SSSR count). The first-order valence-corrected chi connectivity index (χ1v) is 12.6. The number of piperidine rings is 1. The summed E-state index contributed by atoms with van der Waals surface area (Å²) in [6.45, 7) is 9.87. The zero-order valence-electron chi connectivity index (χ0n) is 20.6. The first-order valence-electron chi connectivity index (χ1n) is 11.9. The molecule has 0 atom stereocenters. The van der Waals surface area contributed by atoms with Crippen LogP contribution in [-0.4, -0.2) is 33.8 Å². The molecule has 2 aromatic carbocycles. The van der Waals surface area contributed by atoms with Gasteiger partial charge < -0.3 is 0 Å². The van der Waals surface area contributed by atoms with Crippen molar-refractivity contribution in [1.82, 2.24) is 20.2 Å². The van der Waals surface area contributed by atoms with E-state index in [1.807, 2.05) is 42.3 Å². The van der Waals surface area contributed by atoms with Gasteiger partial charge in [0.05, 0.1) is 16.4 Å². The molecule has 182 valence electrons. The van der Waals surface area contributed by atoms with Crippen LogP contribution in [0.5, 0.6) is 0 Å². The average Bonchev–Trinajstić information content (AvgIpc) is 3.15. The summed E-state index contributed by atoms with van der Waals surface area (Å²) in [5, 5.41) is 7.69. The highest BCUT2D eigenvalue weighted by Gasteiger charge is 2.25. The molecule has 3 aromatic rings. The Morgan fingerprint density at radius 2 is 1.71 bits per heavy atom. The summed E-state index contributed by atoms with van der Waals surface area (Å²) in [6, 6.07) is 13.2. The predicted octanol–water partition coefficient (Wildman–Crippen LogP) is 6.68. The minimum Gasteiger partial charge on any atom is -0.283 e. The minimum absolute atomic E-state index is 0.0736. The summed E-state index contributed by atoms with van der Waals surface area (Å²) >= 11 is 12.7. The van der Waals surface area contributed by atoms with Gasteiger partial charge in [0.1, 0.15) is 0 Å². The summed E-state index contributed by atoms with van der Waals surface area (Å²) in [6.07, 6.45) is 3.34. The van der Waals surface area contributed by atoms with Crippen LogP contribution < -0.4 is 5.43 Å². The van der Waals surface area contributed by atoms with Gasteiger partial charge in [0, 0.05) is 40.2 Å². The molecule has 1 aliphatic rings. The van der Waals surface area contributed by atoms with Crippen LogP contribution >= 0.6 is 23.2 Å². The van der Waals surface area contributed by atoms with Crippen molar-refractivity contribution in [1.29, 1.82) is 0 Å². The Labute approximate surface area is 217 Å². The molecular formula is C28H30Cl2N4O. The number of carbonyl (C=O) groups is 1. The lowest BCUT2D eigenvalue weighted by atomic mass is 9.97. The van der Waals surface area contributed by atoms with E-state index in [4.69, 9.17) is 28.3 Å². The first-order chi connectivity index (χ1) is 16.6. The monoisotopic (exact) mass is 508 g/mol. The number of hydrogen-bond donors (Lipinski definition) is 1. The Bertz CT molecular complexity index is 1290. The van der Waals surface area contributed by atoms with Crippen molar-refractivity contribution >= 4 is 29.1 Å². The summed E-state index contributed by atoms with van der Waals surface area (Å²) < 4.78 is 1.73. The molecule has 1 saturated heterocycles. The Morgan fingerprint density at radius 1 is 1.03 bits per heavy atom. The summed E-state index contributed by atoms with van der Waals surface area (Å²) in [5.41, 5.74) is 7.40. The van der Waals surface area contributed by atoms with E-state index in [9.17, 15) is 4.79 Å². The molecule has 5 nitrogen and oxygen atoms in total. The third-order valence-electron chi connectivity index (χ3n) is 5.83. The van der Waals surface area contributed by atoms with E-state index in [2.05, 4.69) is 38.0 Å². The molecule has 1 N–H and O–H groups in total. The highest BCUT2D eigenvalue weighted by Crippen LogP contribution is 2.33. The Hall–Kier alpha value is -2.78. The van der Waals surface area contributed by atoms with Gasteiger partial charge in [0.25, 0.3) is 5.91 Å². The number of halogens is 2. The topological polar surface area (TPSA) is 50.2 Å². The molecule has 1 aromatic heterocycles. The second-order valence-electron chi connectivity index (χ2n) is 9.90. The normalized spacial score (nSPS) is 14.3. The molecule has 7 heteroatoms. The SMILES string of the molecule is Cc1c(C(=O)NN2CCCCC2)nn(-c2ccc(Cl)cc2Cl)c1-c1ccc(C#CC(C)(C)C)cc1. The number of carbonyl (C=O) groups excluding carboxylic acids is 1. The quantitative estimate of drug-likeness (QED) is 0.399.